The highest BCUT2D eigenvalue weighted by Crippen LogP contribution is 2.44. The molecule has 0 bridgehead atoms. The van der Waals surface area contributed by atoms with E-state index in [1.807, 2.05) is 65.3 Å². The molecule has 0 atom stereocenters. The molecule has 0 saturated carbocycles. The van der Waals surface area contributed by atoms with Crippen molar-refractivity contribution in [3.63, 3.8) is 0 Å². The minimum absolute atomic E-state index is 0.134. The summed E-state index contributed by atoms with van der Waals surface area (Å²) in [5.74, 6) is -0.815. The summed E-state index contributed by atoms with van der Waals surface area (Å²) in [6.45, 7) is 0.926. The number of unbranched alkanes of at least 4 members (excludes halogenated alkanes) is 2. The third-order valence-corrected chi connectivity index (χ3v) is 12.9. The maximum atomic E-state index is 15.9. The van der Waals surface area contributed by atoms with E-state index in [-0.39, 0.29) is 15.7 Å². The van der Waals surface area contributed by atoms with E-state index in [0.717, 1.165) is 57.0 Å². The van der Waals surface area contributed by atoms with Gasteiger partial charge in [0.2, 0.25) is 0 Å². The first-order valence-corrected chi connectivity index (χ1v) is 20.0. The number of allylic oxidation sites excluding steroid dienone is 2. The van der Waals surface area contributed by atoms with Gasteiger partial charge in [0.05, 0.1) is 34.2 Å². The second-order valence-corrected chi connectivity index (χ2v) is 16.5. The molecule has 12 heteroatoms. The lowest BCUT2D eigenvalue weighted by Crippen LogP contribution is -2.07. The number of benzene rings is 2. The van der Waals surface area contributed by atoms with E-state index in [1.165, 1.54) is 17.7 Å². The van der Waals surface area contributed by atoms with Crippen molar-refractivity contribution in [1.82, 2.24) is 19.6 Å². The van der Waals surface area contributed by atoms with Gasteiger partial charge in [-0.15, -0.1) is 22.7 Å². The lowest BCUT2D eigenvalue weighted by atomic mass is 9.94. The van der Waals surface area contributed by atoms with Gasteiger partial charge in [-0.3, -0.25) is 13.9 Å². The molecule has 1 N–H and O–H groups in total. The number of hydrogen-bond donors (Lipinski definition) is 1. The average molecular weight is 741 g/mol. The zero-order chi connectivity index (χ0) is 35.1. The molecule has 51 heavy (non-hydrogen) atoms. The van der Waals surface area contributed by atoms with Gasteiger partial charge >= 0.3 is 10.1 Å². The second-order valence-electron chi connectivity index (χ2n) is 12.8. The molecule has 7 nitrogen and oxygen atoms in total. The lowest BCUT2D eigenvalue weighted by molar-refractivity contribution is 0.485. The Morgan fingerprint density at radius 3 is 1.82 bits per heavy atom. The number of aromatic nitrogens is 4. The van der Waals surface area contributed by atoms with Crippen LogP contribution in [0.25, 0.3) is 32.8 Å². The summed E-state index contributed by atoms with van der Waals surface area (Å²) >= 11 is 2.65. The molecule has 0 unspecified atom stereocenters. The maximum Gasteiger partial charge on any atom is 0.304 e. The van der Waals surface area contributed by atoms with E-state index in [1.54, 1.807) is 22.1 Å². The van der Waals surface area contributed by atoms with Crippen LogP contribution in [0.3, 0.4) is 0 Å². The van der Waals surface area contributed by atoms with E-state index >= 15 is 8.78 Å². The van der Waals surface area contributed by atoms with Crippen molar-refractivity contribution in [2.45, 2.75) is 62.2 Å². The Morgan fingerprint density at radius 2 is 1.27 bits per heavy atom. The van der Waals surface area contributed by atoms with Crippen molar-refractivity contribution in [1.29, 1.82) is 0 Å². The van der Waals surface area contributed by atoms with Crippen molar-refractivity contribution >= 4 is 44.4 Å². The summed E-state index contributed by atoms with van der Waals surface area (Å²) in [6.07, 6.45) is 6.96. The molecular formula is C39H34F2N4O3S3. The van der Waals surface area contributed by atoms with Crippen LogP contribution >= 0.6 is 22.7 Å². The minimum atomic E-state index is -4.38. The Kier molecular flexibility index (Phi) is 9.18. The molecule has 8 rings (SSSR count). The summed E-state index contributed by atoms with van der Waals surface area (Å²) in [5, 5.41) is 11.6. The first kappa shape index (κ1) is 33.6. The molecule has 4 aromatic heterocycles. The molecule has 0 fully saturated rings. The SMILES string of the molecule is O=S(=O)(O)c1cc2c(s1)-c1c(c(C(F)=CCCCC=C(F)c3nn(Cc4ccccc4)c4c3CCc3ccsc3-4)nn1Cc1ccccc1)CC2. The average Bonchev–Trinajstić information content (AvgIpc) is 3.92. The quantitative estimate of drug-likeness (QED) is 0.106. The summed E-state index contributed by atoms with van der Waals surface area (Å²) < 4.78 is 68.9. The van der Waals surface area contributed by atoms with Gasteiger partial charge in [-0.2, -0.15) is 18.6 Å². The lowest BCUT2D eigenvalue weighted by Gasteiger charge is -2.15. The summed E-state index contributed by atoms with van der Waals surface area (Å²) in [7, 11) is -4.38. The highest BCUT2D eigenvalue weighted by Gasteiger charge is 2.31. The van der Waals surface area contributed by atoms with Gasteiger partial charge in [-0.25, -0.2) is 8.78 Å². The Balaban J connectivity index is 1.02. The molecule has 260 valence electrons. The third-order valence-electron chi connectivity index (χ3n) is 9.47. The number of rotatable bonds is 11. The van der Waals surface area contributed by atoms with E-state index in [4.69, 9.17) is 10.2 Å². The zero-order valence-electron chi connectivity index (χ0n) is 27.6. The Morgan fingerprint density at radius 1 is 0.745 bits per heavy atom. The normalized spacial score (nSPS) is 14.3. The Bertz CT molecular complexity index is 2410. The highest BCUT2D eigenvalue weighted by molar-refractivity contribution is 7.88. The molecule has 2 aliphatic rings. The topological polar surface area (TPSA) is 90.0 Å². The van der Waals surface area contributed by atoms with Crippen LogP contribution in [0.4, 0.5) is 8.78 Å². The number of aryl methyl sites for hydroxylation is 2. The number of fused-ring (bicyclic) bond motifs is 6. The molecule has 0 saturated heterocycles. The summed E-state index contributed by atoms with van der Waals surface area (Å²) in [6, 6.07) is 23.4. The van der Waals surface area contributed by atoms with Crippen LogP contribution in [-0.4, -0.2) is 32.5 Å². The molecule has 0 amide bonds. The van der Waals surface area contributed by atoms with Gasteiger partial charge in [0.15, 0.2) is 0 Å². The van der Waals surface area contributed by atoms with Crippen LogP contribution in [0.2, 0.25) is 0 Å². The smallest absolute Gasteiger partial charge is 0.281 e. The largest absolute Gasteiger partial charge is 0.304 e. The molecule has 2 aromatic carbocycles. The van der Waals surface area contributed by atoms with E-state index in [0.29, 0.717) is 67.0 Å². The van der Waals surface area contributed by atoms with Crippen LogP contribution in [0.5, 0.6) is 0 Å². The Hall–Kier alpha value is -4.49. The summed E-state index contributed by atoms with van der Waals surface area (Å²) in [4.78, 5) is 1.83. The predicted molar refractivity (Wildman–Crippen MR) is 199 cm³/mol. The standard InChI is InChI=1S/C39H34F2N4O3S3/c40-31(34-29-18-16-27-20-21-49-38(27)36(29)44(42-34)23-25-10-4-1-5-11-25)14-8-3-9-15-32(41)35-30-19-17-28-22-33(51(46,47)48)50-39(28)37(30)45(43-35)24-26-12-6-2-7-13-26/h1-2,4-7,10-15,20-22H,3,8-9,16-19,23-24H2,(H,46,47,48). The fourth-order valence-corrected chi connectivity index (χ4v) is 10.1. The first-order chi connectivity index (χ1) is 24.7. The second kappa shape index (κ2) is 13.9. The fraction of sp³-hybridized carbons (Fsp3) is 0.231. The molecule has 4 heterocycles. The first-order valence-electron chi connectivity index (χ1n) is 16.9. The summed E-state index contributed by atoms with van der Waals surface area (Å²) in [5.41, 5.74) is 8.08. The highest BCUT2D eigenvalue weighted by atomic mass is 32.3. The van der Waals surface area contributed by atoms with E-state index in [9.17, 15) is 13.0 Å². The van der Waals surface area contributed by atoms with Crippen LogP contribution < -0.4 is 0 Å². The third kappa shape index (κ3) is 6.69. The van der Waals surface area contributed by atoms with E-state index in [2.05, 4.69) is 11.4 Å². The number of hydrogen-bond acceptors (Lipinski definition) is 6. The zero-order valence-corrected chi connectivity index (χ0v) is 30.0. The molecule has 0 radical (unpaired) electrons. The van der Waals surface area contributed by atoms with Crippen LogP contribution in [0.1, 0.15) is 64.0 Å². The van der Waals surface area contributed by atoms with E-state index < -0.39 is 15.9 Å². The van der Waals surface area contributed by atoms with Crippen molar-refractivity contribution < 1.29 is 21.8 Å². The van der Waals surface area contributed by atoms with Gasteiger partial charge in [0.1, 0.15) is 27.3 Å². The van der Waals surface area contributed by atoms with Crippen LogP contribution in [0.15, 0.2) is 94.5 Å². The number of nitrogens with zero attached hydrogens (tertiary/aromatic N) is 4. The fourth-order valence-electron chi connectivity index (χ4n) is 7.05. The Labute approximate surface area is 303 Å². The minimum Gasteiger partial charge on any atom is -0.281 e. The van der Waals surface area contributed by atoms with Crippen molar-refractivity contribution in [3.05, 3.63) is 135 Å². The van der Waals surface area contributed by atoms with Crippen LogP contribution in [0, 0.1) is 0 Å². The molecule has 0 aliphatic heterocycles. The van der Waals surface area contributed by atoms with Gasteiger partial charge in [-0.1, -0.05) is 60.7 Å². The van der Waals surface area contributed by atoms with Gasteiger partial charge in [0.25, 0.3) is 0 Å². The van der Waals surface area contributed by atoms with Gasteiger partial charge in [0, 0.05) is 11.1 Å². The maximum absolute atomic E-state index is 15.9. The van der Waals surface area contributed by atoms with Crippen molar-refractivity contribution in [2.75, 3.05) is 0 Å². The number of halogens is 2. The molecular weight excluding hydrogens is 707 g/mol. The van der Waals surface area contributed by atoms with Crippen molar-refractivity contribution in [2.24, 2.45) is 0 Å². The molecule has 6 aromatic rings. The number of thiophene rings is 2. The van der Waals surface area contributed by atoms with Gasteiger partial charge < -0.3 is 0 Å². The monoisotopic (exact) mass is 740 g/mol. The van der Waals surface area contributed by atoms with Gasteiger partial charge in [-0.05, 0) is 96.9 Å². The van der Waals surface area contributed by atoms with Crippen molar-refractivity contribution in [3.8, 4) is 21.1 Å². The van der Waals surface area contributed by atoms with Crippen LogP contribution in [-0.2, 0) is 48.9 Å². The predicted octanol–water partition coefficient (Wildman–Crippen LogP) is 9.57. The molecule has 2 aliphatic carbocycles. The molecule has 0 spiro atoms.